The van der Waals surface area contributed by atoms with E-state index in [4.69, 9.17) is 19.5 Å². The molecule has 19 heavy (non-hydrogen) atoms. The van der Waals surface area contributed by atoms with Gasteiger partial charge in [-0.3, -0.25) is 0 Å². The average molecular weight is 259 g/mol. The van der Waals surface area contributed by atoms with E-state index in [-0.39, 0.29) is 24.1 Å². The molecule has 0 aliphatic rings. The summed E-state index contributed by atoms with van der Waals surface area (Å²) in [4.78, 5) is 18.8. The molecular formula is C12H9N3O4. The van der Waals surface area contributed by atoms with Crippen LogP contribution in [0.1, 0.15) is 23.0 Å². The molecule has 0 saturated heterocycles. The molecule has 0 fully saturated rings. The highest BCUT2D eigenvalue weighted by molar-refractivity contribution is 5.88. The number of rotatable bonds is 4. The number of aromatic nitrogens is 2. The number of carboxylic acids is 1. The Morgan fingerprint density at radius 3 is 2.89 bits per heavy atom. The summed E-state index contributed by atoms with van der Waals surface area (Å²) in [6.07, 6.45) is 1.35. The predicted octanol–water partition coefficient (Wildman–Crippen LogP) is 1.71. The second-order valence-electron chi connectivity index (χ2n) is 3.44. The number of ether oxygens (including phenoxy) is 1. The summed E-state index contributed by atoms with van der Waals surface area (Å²) in [6, 6.07) is 4.98. The highest BCUT2D eigenvalue weighted by atomic mass is 16.6. The number of carbonyl (C=O) groups is 1. The Hall–Kier alpha value is -2.88. The summed E-state index contributed by atoms with van der Waals surface area (Å²) in [5.74, 6) is -1.37. The first-order valence-electron chi connectivity index (χ1n) is 5.39. The van der Waals surface area contributed by atoms with Crippen LogP contribution in [0.4, 0.5) is 0 Å². The van der Waals surface area contributed by atoms with Gasteiger partial charge >= 0.3 is 11.9 Å². The minimum Gasteiger partial charge on any atom is -0.476 e. The predicted molar refractivity (Wildman–Crippen MR) is 62.6 cm³/mol. The van der Waals surface area contributed by atoms with Crippen LogP contribution in [0.2, 0.25) is 0 Å². The number of nitriles is 1. The van der Waals surface area contributed by atoms with Crippen LogP contribution in [0.5, 0.6) is 5.95 Å². The number of nitrogens with zero attached hydrogens (tertiary/aromatic N) is 3. The molecule has 2 rings (SSSR count). The van der Waals surface area contributed by atoms with Crippen LogP contribution in [0, 0.1) is 11.3 Å². The van der Waals surface area contributed by atoms with Gasteiger partial charge in [0.05, 0.1) is 12.2 Å². The molecule has 0 saturated carbocycles. The average Bonchev–Trinajstić information content (AvgIpc) is 2.83. The SMILES string of the molecule is CCOc1oc(-c2ccc(C#N)cn2)nc1C(=O)O. The van der Waals surface area contributed by atoms with Gasteiger partial charge in [0, 0.05) is 6.20 Å². The van der Waals surface area contributed by atoms with Crippen molar-refractivity contribution in [2.45, 2.75) is 6.92 Å². The second kappa shape index (κ2) is 5.18. The summed E-state index contributed by atoms with van der Waals surface area (Å²) < 4.78 is 10.3. The molecule has 7 nitrogen and oxygen atoms in total. The van der Waals surface area contributed by atoms with Crippen molar-refractivity contribution in [2.24, 2.45) is 0 Å². The van der Waals surface area contributed by atoms with Crippen LogP contribution in [0.25, 0.3) is 11.6 Å². The van der Waals surface area contributed by atoms with Crippen molar-refractivity contribution >= 4 is 5.97 Å². The van der Waals surface area contributed by atoms with Crippen LogP contribution in [-0.4, -0.2) is 27.7 Å². The Bertz CT molecular complexity index is 640. The lowest BCUT2D eigenvalue weighted by Gasteiger charge is -1.97. The molecule has 0 spiro atoms. The van der Waals surface area contributed by atoms with E-state index in [9.17, 15) is 4.79 Å². The van der Waals surface area contributed by atoms with Gasteiger partial charge in [0.1, 0.15) is 11.8 Å². The summed E-state index contributed by atoms with van der Waals surface area (Å²) >= 11 is 0. The summed E-state index contributed by atoms with van der Waals surface area (Å²) in [5.41, 5.74) is 0.411. The molecule has 0 aliphatic heterocycles. The molecule has 7 heteroatoms. The van der Waals surface area contributed by atoms with E-state index in [1.54, 1.807) is 6.92 Å². The van der Waals surface area contributed by atoms with Crippen molar-refractivity contribution in [3.8, 4) is 23.6 Å². The monoisotopic (exact) mass is 259 g/mol. The molecule has 2 aromatic rings. The molecule has 0 bridgehead atoms. The molecule has 0 radical (unpaired) electrons. The normalized spacial score (nSPS) is 9.89. The maximum Gasteiger partial charge on any atom is 0.362 e. The van der Waals surface area contributed by atoms with Crippen LogP contribution < -0.4 is 4.74 Å². The second-order valence-corrected chi connectivity index (χ2v) is 3.44. The molecule has 0 aliphatic carbocycles. The third kappa shape index (κ3) is 2.52. The Balaban J connectivity index is 2.42. The lowest BCUT2D eigenvalue weighted by molar-refractivity contribution is 0.0683. The minimum atomic E-state index is -1.24. The zero-order chi connectivity index (χ0) is 13.8. The Morgan fingerprint density at radius 2 is 2.37 bits per heavy atom. The van der Waals surface area contributed by atoms with E-state index in [0.29, 0.717) is 11.3 Å². The van der Waals surface area contributed by atoms with Crippen molar-refractivity contribution in [3.63, 3.8) is 0 Å². The van der Waals surface area contributed by atoms with E-state index >= 15 is 0 Å². The third-order valence-electron chi connectivity index (χ3n) is 2.19. The molecular weight excluding hydrogens is 250 g/mol. The van der Waals surface area contributed by atoms with Crippen LogP contribution in [0.3, 0.4) is 0 Å². The fourth-order valence-corrected chi connectivity index (χ4v) is 1.37. The van der Waals surface area contributed by atoms with Crippen molar-refractivity contribution in [2.75, 3.05) is 6.61 Å². The summed E-state index contributed by atoms with van der Waals surface area (Å²) in [5, 5.41) is 17.6. The van der Waals surface area contributed by atoms with Gasteiger partial charge in [-0.15, -0.1) is 0 Å². The molecule has 2 heterocycles. The van der Waals surface area contributed by atoms with Crippen molar-refractivity contribution in [1.82, 2.24) is 9.97 Å². The van der Waals surface area contributed by atoms with E-state index in [0.717, 1.165) is 0 Å². The van der Waals surface area contributed by atoms with E-state index in [1.807, 2.05) is 6.07 Å². The van der Waals surface area contributed by atoms with Gasteiger partial charge in [0.15, 0.2) is 0 Å². The van der Waals surface area contributed by atoms with Crippen LogP contribution in [-0.2, 0) is 0 Å². The number of hydrogen-bond acceptors (Lipinski definition) is 6. The Morgan fingerprint density at radius 1 is 1.58 bits per heavy atom. The van der Waals surface area contributed by atoms with Crippen molar-refractivity contribution < 1.29 is 19.1 Å². The maximum atomic E-state index is 11.0. The van der Waals surface area contributed by atoms with Gasteiger partial charge in [0.25, 0.3) is 0 Å². The standard InChI is InChI=1S/C12H9N3O4/c1-2-18-12-9(11(16)17)15-10(19-12)8-4-3-7(5-13)6-14-8/h3-4,6H,2H2,1H3,(H,16,17). The van der Waals surface area contributed by atoms with Gasteiger partial charge in [-0.05, 0) is 19.1 Å². The number of hydrogen-bond donors (Lipinski definition) is 1. The zero-order valence-electron chi connectivity index (χ0n) is 9.95. The zero-order valence-corrected chi connectivity index (χ0v) is 9.95. The largest absolute Gasteiger partial charge is 0.476 e. The van der Waals surface area contributed by atoms with Gasteiger partial charge in [-0.1, -0.05) is 0 Å². The lowest BCUT2D eigenvalue weighted by atomic mass is 10.3. The van der Waals surface area contributed by atoms with Crippen molar-refractivity contribution in [3.05, 3.63) is 29.6 Å². The van der Waals surface area contributed by atoms with Crippen LogP contribution >= 0.6 is 0 Å². The Labute approximate surface area is 108 Å². The van der Waals surface area contributed by atoms with Gasteiger partial charge in [0.2, 0.25) is 11.6 Å². The number of oxazole rings is 1. The Kier molecular flexibility index (Phi) is 3.43. The first-order chi connectivity index (χ1) is 9.15. The summed E-state index contributed by atoms with van der Waals surface area (Å²) in [7, 11) is 0. The van der Waals surface area contributed by atoms with Gasteiger partial charge in [-0.2, -0.15) is 10.2 Å². The van der Waals surface area contributed by atoms with Gasteiger partial charge in [-0.25, -0.2) is 9.78 Å². The molecule has 0 amide bonds. The maximum absolute atomic E-state index is 11.0. The highest BCUT2D eigenvalue weighted by Gasteiger charge is 2.22. The molecule has 0 atom stereocenters. The highest BCUT2D eigenvalue weighted by Crippen LogP contribution is 2.26. The molecule has 1 N–H and O–H groups in total. The molecule has 2 aromatic heterocycles. The number of aromatic carboxylic acids is 1. The summed E-state index contributed by atoms with van der Waals surface area (Å²) in [6.45, 7) is 1.96. The molecule has 96 valence electrons. The van der Waals surface area contributed by atoms with Crippen LogP contribution in [0.15, 0.2) is 22.7 Å². The quantitative estimate of drug-likeness (QED) is 0.889. The molecule has 0 unspecified atom stereocenters. The lowest BCUT2D eigenvalue weighted by Crippen LogP contribution is -2.01. The first-order valence-corrected chi connectivity index (χ1v) is 5.39. The van der Waals surface area contributed by atoms with E-state index < -0.39 is 5.97 Å². The smallest absolute Gasteiger partial charge is 0.362 e. The minimum absolute atomic E-state index is 0.0327. The fourth-order valence-electron chi connectivity index (χ4n) is 1.37. The first kappa shape index (κ1) is 12.6. The number of carboxylic acid groups (broad SMARTS) is 1. The van der Waals surface area contributed by atoms with E-state index in [1.165, 1.54) is 18.3 Å². The van der Waals surface area contributed by atoms with Gasteiger partial charge < -0.3 is 14.3 Å². The fraction of sp³-hybridized carbons (Fsp3) is 0.167. The molecule has 0 aromatic carbocycles. The van der Waals surface area contributed by atoms with E-state index in [2.05, 4.69) is 9.97 Å². The number of pyridine rings is 1. The topological polar surface area (TPSA) is 109 Å². The third-order valence-corrected chi connectivity index (χ3v) is 2.19. The van der Waals surface area contributed by atoms with Crippen molar-refractivity contribution in [1.29, 1.82) is 5.26 Å².